The number of sulfonamides is 1. The zero-order valence-corrected chi connectivity index (χ0v) is 17.8. The topological polar surface area (TPSA) is 105 Å². The van der Waals surface area contributed by atoms with Gasteiger partial charge in [0.25, 0.3) is 0 Å². The molecule has 0 spiro atoms. The van der Waals surface area contributed by atoms with Crippen LogP contribution in [0.4, 0.5) is 9.18 Å². The third-order valence-electron chi connectivity index (χ3n) is 5.18. The van der Waals surface area contributed by atoms with E-state index in [0.29, 0.717) is 44.1 Å². The molecule has 8 nitrogen and oxygen atoms in total. The Hall–Kier alpha value is -2.20. The smallest absolute Gasteiger partial charge is 0.324 e. The fourth-order valence-corrected chi connectivity index (χ4v) is 4.64. The van der Waals surface area contributed by atoms with E-state index in [1.54, 1.807) is 19.1 Å². The molecule has 30 heavy (non-hydrogen) atoms. The molecule has 1 atom stereocenters. The van der Waals surface area contributed by atoms with E-state index >= 15 is 0 Å². The molecule has 1 saturated heterocycles. The normalized spacial score (nSPS) is 17.9. The Morgan fingerprint density at radius 3 is 2.70 bits per heavy atom. The Labute approximate surface area is 176 Å². The van der Waals surface area contributed by atoms with Gasteiger partial charge in [0, 0.05) is 18.2 Å². The zero-order chi connectivity index (χ0) is 21.7. The van der Waals surface area contributed by atoms with Gasteiger partial charge in [-0.25, -0.2) is 22.3 Å². The second kappa shape index (κ2) is 9.74. The van der Waals surface area contributed by atoms with E-state index in [1.807, 2.05) is 0 Å². The van der Waals surface area contributed by atoms with Crippen LogP contribution in [-0.4, -0.2) is 50.7 Å². The van der Waals surface area contributed by atoms with Crippen molar-refractivity contribution in [3.05, 3.63) is 29.6 Å². The van der Waals surface area contributed by atoms with Crippen LogP contribution in [-0.2, 0) is 14.8 Å². The van der Waals surface area contributed by atoms with Gasteiger partial charge in [-0.15, -0.1) is 0 Å². The Morgan fingerprint density at radius 1 is 1.27 bits per heavy atom. The molecular weight excluding hydrogens is 413 g/mol. The van der Waals surface area contributed by atoms with Crippen molar-refractivity contribution in [3.8, 4) is 5.75 Å². The fourth-order valence-electron chi connectivity index (χ4n) is 3.27. The number of rotatable bonds is 12. The predicted molar refractivity (Wildman–Crippen MR) is 109 cm³/mol. The third-order valence-corrected chi connectivity index (χ3v) is 6.72. The summed E-state index contributed by atoms with van der Waals surface area (Å²) in [5.74, 6) is 0.197. The first kappa shape index (κ1) is 22.5. The Kier molecular flexibility index (Phi) is 7.30. The van der Waals surface area contributed by atoms with E-state index in [4.69, 9.17) is 4.74 Å². The first-order valence-electron chi connectivity index (χ1n) is 10.2. The molecule has 1 saturated carbocycles. The first-order chi connectivity index (χ1) is 14.2. The molecule has 2 N–H and O–H groups in total. The molecule has 10 heteroatoms. The van der Waals surface area contributed by atoms with Crippen molar-refractivity contribution in [2.75, 3.05) is 25.4 Å². The van der Waals surface area contributed by atoms with Gasteiger partial charge in [-0.2, -0.15) is 0 Å². The van der Waals surface area contributed by atoms with Crippen LogP contribution in [0, 0.1) is 11.7 Å². The molecule has 1 aromatic rings. The van der Waals surface area contributed by atoms with Crippen LogP contribution in [0.1, 0.15) is 50.6 Å². The van der Waals surface area contributed by atoms with Gasteiger partial charge in [0.2, 0.25) is 15.9 Å². The maximum absolute atomic E-state index is 14.2. The number of nitrogens with zero attached hydrogens (tertiary/aromatic N) is 1. The molecule has 1 aliphatic heterocycles. The highest BCUT2D eigenvalue weighted by Crippen LogP contribution is 2.30. The van der Waals surface area contributed by atoms with Crippen molar-refractivity contribution in [2.45, 2.75) is 45.1 Å². The number of carbonyl (C=O) groups excluding carboxylic acids is 2. The lowest BCUT2D eigenvalue weighted by Gasteiger charge is -2.17. The van der Waals surface area contributed by atoms with E-state index in [-0.39, 0.29) is 23.8 Å². The lowest BCUT2D eigenvalue weighted by Crippen LogP contribution is -2.30. The number of ether oxygens (including phenoxy) is 1. The van der Waals surface area contributed by atoms with E-state index in [2.05, 4.69) is 10.0 Å². The number of halogens is 1. The standard InChI is InChI=1S/C20H28FN3O5S/c1-14(17-11-16(7-8-18(17)21)29-13-15-5-6-15)23-30(27,28)10-4-2-3-9-24-12-19(25)22-20(24)26/h7-8,11,14-15,23H,2-6,9-10,12-13H2,1H3,(H,22,25,26)/t14-/m1/s1. The minimum Gasteiger partial charge on any atom is -0.493 e. The van der Waals surface area contributed by atoms with Crippen molar-refractivity contribution < 1.29 is 27.1 Å². The van der Waals surface area contributed by atoms with Crippen LogP contribution in [0.25, 0.3) is 0 Å². The van der Waals surface area contributed by atoms with Crippen LogP contribution in [0.5, 0.6) is 5.75 Å². The molecule has 2 fully saturated rings. The molecule has 0 unspecified atom stereocenters. The molecule has 1 aliphatic carbocycles. The monoisotopic (exact) mass is 441 g/mol. The summed E-state index contributed by atoms with van der Waals surface area (Å²) >= 11 is 0. The third kappa shape index (κ3) is 6.66. The minimum absolute atomic E-state index is 0.0468. The number of hydrogen-bond acceptors (Lipinski definition) is 5. The van der Waals surface area contributed by atoms with Crippen LogP contribution >= 0.6 is 0 Å². The molecule has 3 amide bonds. The van der Waals surface area contributed by atoms with E-state index < -0.39 is 27.9 Å². The fraction of sp³-hybridized carbons (Fsp3) is 0.600. The molecule has 1 heterocycles. The molecular formula is C20H28FN3O5S. The quantitative estimate of drug-likeness (QED) is 0.383. The maximum atomic E-state index is 14.2. The molecule has 1 aromatic carbocycles. The second-order valence-corrected chi connectivity index (χ2v) is 9.81. The second-order valence-electron chi connectivity index (χ2n) is 7.93. The summed E-state index contributed by atoms with van der Waals surface area (Å²) in [6.07, 6.45) is 3.88. The number of amides is 3. The van der Waals surface area contributed by atoms with Crippen molar-refractivity contribution >= 4 is 22.0 Å². The SMILES string of the molecule is C[C@@H](NS(=O)(=O)CCCCCN1CC(=O)NC1=O)c1cc(OCC2CC2)ccc1F. The number of nitrogens with one attached hydrogen (secondary N) is 2. The largest absolute Gasteiger partial charge is 0.493 e. The number of urea groups is 1. The van der Waals surface area contributed by atoms with E-state index in [9.17, 15) is 22.4 Å². The number of carbonyl (C=O) groups is 2. The summed E-state index contributed by atoms with van der Waals surface area (Å²) in [6.45, 7) is 2.65. The lowest BCUT2D eigenvalue weighted by molar-refractivity contribution is -0.118. The highest BCUT2D eigenvalue weighted by molar-refractivity contribution is 7.89. The van der Waals surface area contributed by atoms with Gasteiger partial charge < -0.3 is 9.64 Å². The molecule has 3 rings (SSSR count). The average molecular weight is 442 g/mol. The number of unbranched alkanes of at least 4 members (excludes halogenated alkanes) is 2. The summed E-state index contributed by atoms with van der Waals surface area (Å²) < 4.78 is 47.1. The van der Waals surface area contributed by atoms with E-state index in [1.165, 1.54) is 11.0 Å². The predicted octanol–water partition coefficient (Wildman–Crippen LogP) is 2.32. The van der Waals surface area contributed by atoms with Gasteiger partial charge >= 0.3 is 6.03 Å². The van der Waals surface area contributed by atoms with Crippen LogP contribution in [0.15, 0.2) is 18.2 Å². The Morgan fingerprint density at radius 2 is 2.03 bits per heavy atom. The summed E-state index contributed by atoms with van der Waals surface area (Å²) in [7, 11) is -3.60. The average Bonchev–Trinajstić information content (AvgIpc) is 3.44. The van der Waals surface area contributed by atoms with Crippen LogP contribution in [0.2, 0.25) is 0 Å². The zero-order valence-electron chi connectivity index (χ0n) is 17.0. The Balaban J connectivity index is 1.43. The first-order valence-corrected chi connectivity index (χ1v) is 11.9. The van der Waals surface area contributed by atoms with Crippen molar-refractivity contribution in [3.63, 3.8) is 0 Å². The van der Waals surface area contributed by atoms with Gasteiger partial charge in [-0.3, -0.25) is 10.1 Å². The minimum atomic E-state index is -3.60. The van der Waals surface area contributed by atoms with Crippen LogP contribution < -0.4 is 14.8 Å². The van der Waals surface area contributed by atoms with Crippen LogP contribution in [0.3, 0.4) is 0 Å². The van der Waals surface area contributed by atoms with Crippen molar-refractivity contribution in [1.82, 2.24) is 14.9 Å². The van der Waals surface area contributed by atoms with Crippen molar-refractivity contribution in [1.29, 1.82) is 0 Å². The number of hydrogen-bond donors (Lipinski definition) is 2. The molecule has 2 aliphatic rings. The maximum Gasteiger partial charge on any atom is 0.324 e. The van der Waals surface area contributed by atoms with Gasteiger partial charge in [-0.1, -0.05) is 6.42 Å². The molecule has 166 valence electrons. The number of imide groups is 1. The number of benzene rings is 1. The summed E-state index contributed by atoms with van der Waals surface area (Å²) in [5.41, 5.74) is 0.247. The van der Waals surface area contributed by atoms with E-state index in [0.717, 1.165) is 12.8 Å². The summed E-state index contributed by atoms with van der Waals surface area (Å²) in [5, 5.41) is 2.20. The Bertz CT molecular complexity index is 888. The van der Waals surface area contributed by atoms with Gasteiger partial charge in [0.15, 0.2) is 0 Å². The highest BCUT2D eigenvalue weighted by Gasteiger charge is 2.26. The van der Waals surface area contributed by atoms with Gasteiger partial charge in [0.1, 0.15) is 18.1 Å². The highest BCUT2D eigenvalue weighted by atomic mass is 32.2. The van der Waals surface area contributed by atoms with Crippen molar-refractivity contribution in [2.24, 2.45) is 5.92 Å². The van der Waals surface area contributed by atoms with Gasteiger partial charge in [0.05, 0.1) is 12.4 Å². The molecule has 0 radical (unpaired) electrons. The summed E-state index contributed by atoms with van der Waals surface area (Å²) in [6, 6.07) is 3.26. The molecule has 0 aromatic heterocycles. The van der Waals surface area contributed by atoms with Gasteiger partial charge in [-0.05, 0) is 56.7 Å². The lowest BCUT2D eigenvalue weighted by atomic mass is 10.1. The summed E-state index contributed by atoms with van der Waals surface area (Å²) in [4.78, 5) is 24.0. The molecule has 0 bridgehead atoms.